The van der Waals surface area contributed by atoms with E-state index in [-0.39, 0.29) is 17.2 Å². The van der Waals surface area contributed by atoms with Crippen LogP contribution in [-0.4, -0.2) is 39.6 Å². The van der Waals surface area contributed by atoms with E-state index in [2.05, 4.69) is 4.98 Å². The van der Waals surface area contributed by atoms with Gasteiger partial charge in [0, 0.05) is 18.5 Å². The molecule has 104 valence electrons. The lowest BCUT2D eigenvalue weighted by molar-refractivity contribution is 0.0569. The molecule has 1 unspecified atom stereocenters. The minimum Gasteiger partial charge on any atom is -0.388 e. The Bertz CT molecular complexity index is 733. The molecule has 1 aliphatic rings. The zero-order valence-electron chi connectivity index (χ0n) is 11.2. The van der Waals surface area contributed by atoms with Crippen molar-refractivity contribution >= 4 is 16.7 Å². The highest BCUT2D eigenvalue weighted by Gasteiger charge is 2.34. The van der Waals surface area contributed by atoms with E-state index in [0.717, 1.165) is 5.39 Å². The Morgan fingerprint density at radius 2 is 2.15 bits per heavy atom. The Hall–Kier alpha value is -2.14. The molecular formula is C15H16N2O3. The molecule has 3 rings (SSSR count). The van der Waals surface area contributed by atoms with Crippen molar-refractivity contribution in [3.8, 4) is 0 Å². The van der Waals surface area contributed by atoms with Crippen LogP contribution in [0.1, 0.15) is 23.8 Å². The first-order chi connectivity index (χ1) is 9.46. The number of benzene rings is 1. The molecule has 2 N–H and O–H groups in total. The molecule has 1 amide bonds. The van der Waals surface area contributed by atoms with Crippen molar-refractivity contribution in [2.75, 3.05) is 13.1 Å². The number of aromatic nitrogens is 1. The third-order valence-electron chi connectivity index (χ3n) is 3.72. The average Bonchev–Trinajstić information content (AvgIpc) is 2.78. The number of H-pyrrole nitrogens is 1. The van der Waals surface area contributed by atoms with Crippen LogP contribution < -0.4 is 5.56 Å². The summed E-state index contributed by atoms with van der Waals surface area (Å²) in [5.74, 6) is -0.245. The number of nitrogens with zero attached hydrogens (tertiary/aromatic N) is 1. The van der Waals surface area contributed by atoms with Crippen LogP contribution in [0.3, 0.4) is 0 Å². The van der Waals surface area contributed by atoms with Gasteiger partial charge in [0.15, 0.2) is 0 Å². The predicted octanol–water partition coefficient (Wildman–Crippen LogP) is 1.12. The van der Waals surface area contributed by atoms with Gasteiger partial charge in [-0.2, -0.15) is 0 Å². The Morgan fingerprint density at radius 3 is 2.85 bits per heavy atom. The summed E-state index contributed by atoms with van der Waals surface area (Å²) in [6, 6.07) is 8.84. The van der Waals surface area contributed by atoms with Crippen LogP contribution in [0.5, 0.6) is 0 Å². The first-order valence-corrected chi connectivity index (χ1v) is 6.60. The van der Waals surface area contributed by atoms with Crippen molar-refractivity contribution < 1.29 is 9.90 Å². The summed E-state index contributed by atoms with van der Waals surface area (Å²) in [5.41, 5.74) is -0.837. The highest BCUT2D eigenvalue weighted by Crippen LogP contribution is 2.22. The molecule has 0 saturated carbocycles. The van der Waals surface area contributed by atoms with Crippen LogP contribution in [0.2, 0.25) is 0 Å². The number of carbonyl (C=O) groups is 1. The molecule has 1 atom stereocenters. The molecule has 0 bridgehead atoms. The van der Waals surface area contributed by atoms with Gasteiger partial charge in [-0.25, -0.2) is 0 Å². The zero-order valence-corrected chi connectivity index (χ0v) is 11.2. The van der Waals surface area contributed by atoms with Gasteiger partial charge in [0.2, 0.25) is 0 Å². The fourth-order valence-corrected chi connectivity index (χ4v) is 2.61. The molecule has 2 aromatic rings. The number of aromatic amines is 1. The molecule has 1 fully saturated rings. The molecule has 5 heteroatoms. The van der Waals surface area contributed by atoms with Gasteiger partial charge in [0.05, 0.1) is 5.60 Å². The number of fused-ring (bicyclic) bond motifs is 1. The van der Waals surface area contributed by atoms with E-state index in [9.17, 15) is 14.7 Å². The molecule has 1 aromatic heterocycles. The third kappa shape index (κ3) is 2.20. The maximum atomic E-state index is 12.4. The van der Waals surface area contributed by atoms with Crippen LogP contribution in [-0.2, 0) is 0 Å². The lowest BCUT2D eigenvalue weighted by Crippen LogP contribution is -2.35. The van der Waals surface area contributed by atoms with E-state index in [0.29, 0.717) is 24.9 Å². The molecule has 1 aromatic carbocycles. The summed E-state index contributed by atoms with van der Waals surface area (Å²) in [6.07, 6.45) is 0.552. The monoisotopic (exact) mass is 272 g/mol. The first kappa shape index (κ1) is 12.9. The van der Waals surface area contributed by atoms with E-state index in [1.54, 1.807) is 30.0 Å². The largest absolute Gasteiger partial charge is 0.388 e. The second kappa shape index (κ2) is 4.45. The molecule has 0 radical (unpaired) electrons. The molecule has 0 aliphatic carbocycles. The Balaban J connectivity index is 1.99. The number of carbonyl (C=O) groups excluding carboxylic acids is 1. The van der Waals surface area contributed by atoms with Gasteiger partial charge in [-0.3, -0.25) is 9.59 Å². The molecular weight excluding hydrogens is 256 g/mol. The van der Waals surface area contributed by atoms with Crippen molar-refractivity contribution in [2.24, 2.45) is 0 Å². The smallest absolute Gasteiger partial charge is 0.270 e. The second-order valence-electron chi connectivity index (χ2n) is 5.57. The fourth-order valence-electron chi connectivity index (χ4n) is 2.61. The van der Waals surface area contributed by atoms with E-state index < -0.39 is 5.60 Å². The summed E-state index contributed by atoms with van der Waals surface area (Å²) < 4.78 is 0. The van der Waals surface area contributed by atoms with Crippen LogP contribution in [0.25, 0.3) is 10.8 Å². The van der Waals surface area contributed by atoms with Crippen LogP contribution in [0.4, 0.5) is 0 Å². The van der Waals surface area contributed by atoms with Crippen LogP contribution >= 0.6 is 0 Å². The van der Waals surface area contributed by atoms with Crippen molar-refractivity contribution in [3.05, 3.63) is 46.4 Å². The van der Waals surface area contributed by atoms with E-state index in [1.165, 1.54) is 0 Å². The summed E-state index contributed by atoms with van der Waals surface area (Å²) >= 11 is 0. The fraction of sp³-hybridized carbons (Fsp3) is 0.333. The van der Waals surface area contributed by atoms with Crippen molar-refractivity contribution in [2.45, 2.75) is 18.9 Å². The Morgan fingerprint density at radius 1 is 1.40 bits per heavy atom. The molecule has 1 saturated heterocycles. The molecule has 5 nitrogen and oxygen atoms in total. The number of likely N-dealkylation sites (tertiary alicyclic amines) is 1. The normalized spacial score (nSPS) is 22.4. The van der Waals surface area contributed by atoms with E-state index >= 15 is 0 Å². The number of nitrogens with one attached hydrogen (secondary N) is 1. The summed E-state index contributed by atoms with van der Waals surface area (Å²) in [7, 11) is 0. The average molecular weight is 272 g/mol. The number of hydrogen-bond acceptors (Lipinski definition) is 3. The minimum absolute atomic E-state index is 0.245. The van der Waals surface area contributed by atoms with Gasteiger partial charge in [-0.15, -0.1) is 0 Å². The SMILES string of the molecule is CC1(O)CCN(C(=O)c2cc3ccccc3c(=O)[nH]2)C1. The van der Waals surface area contributed by atoms with Gasteiger partial charge in [-0.05, 0) is 30.9 Å². The van der Waals surface area contributed by atoms with E-state index in [1.807, 2.05) is 12.1 Å². The Kier molecular flexibility index (Phi) is 2.87. The number of β-amino-alcohol motifs (C(OH)–C–C–N with tert-alkyl or cyclic N) is 1. The zero-order chi connectivity index (χ0) is 14.3. The quantitative estimate of drug-likeness (QED) is 0.817. The topological polar surface area (TPSA) is 73.4 Å². The maximum absolute atomic E-state index is 12.4. The number of amides is 1. The van der Waals surface area contributed by atoms with Crippen LogP contribution in [0, 0.1) is 0 Å². The highest BCUT2D eigenvalue weighted by molar-refractivity contribution is 5.96. The lowest BCUT2D eigenvalue weighted by atomic mass is 10.1. The summed E-state index contributed by atoms with van der Waals surface area (Å²) in [4.78, 5) is 28.5. The first-order valence-electron chi connectivity index (χ1n) is 6.60. The van der Waals surface area contributed by atoms with Crippen molar-refractivity contribution in [1.29, 1.82) is 0 Å². The summed E-state index contributed by atoms with van der Waals surface area (Å²) in [5, 5.41) is 11.2. The summed E-state index contributed by atoms with van der Waals surface area (Å²) in [6.45, 7) is 2.50. The minimum atomic E-state index is -0.840. The molecule has 0 spiro atoms. The standard InChI is InChI=1S/C15H16N2O3/c1-15(20)6-7-17(9-15)14(19)12-8-10-4-2-3-5-11(10)13(18)16-12/h2-5,8,20H,6-7,9H2,1H3,(H,16,18). The number of hydrogen-bond donors (Lipinski definition) is 2. The van der Waals surface area contributed by atoms with Crippen molar-refractivity contribution in [3.63, 3.8) is 0 Å². The third-order valence-corrected chi connectivity index (χ3v) is 3.72. The van der Waals surface area contributed by atoms with Crippen molar-refractivity contribution in [1.82, 2.24) is 9.88 Å². The number of rotatable bonds is 1. The highest BCUT2D eigenvalue weighted by atomic mass is 16.3. The number of aliphatic hydroxyl groups is 1. The number of pyridine rings is 1. The van der Waals surface area contributed by atoms with E-state index in [4.69, 9.17) is 0 Å². The second-order valence-corrected chi connectivity index (χ2v) is 5.57. The van der Waals surface area contributed by atoms with Gasteiger partial charge in [0.1, 0.15) is 5.69 Å². The molecule has 20 heavy (non-hydrogen) atoms. The lowest BCUT2D eigenvalue weighted by Gasteiger charge is -2.19. The van der Waals surface area contributed by atoms with Gasteiger partial charge in [0.25, 0.3) is 11.5 Å². The Labute approximate surface area is 115 Å². The molecule has 1 aliphatic heterocycles. The van der Waals surface area contributed by atoms with Crippen LogP contribution in [0.15, 0.2) is 35.1 Å². The molecule has 2 heterocycles. The van der Waals surface area contributed by atoms with Gasteiger partial charge >= 0.3 is 0 Å². The maximum Gasteiger partial charge on any atom is 0.270 e. The van der Waals surface area contributed by atoms with Gasteiger partial charge < -0.3 is 15.0 Å². The predicted molar refractivity (Wildman–Crippen MR) is 75.7 cm³/mol. The van der Waals surface area contributed by atoms with Gasteiger partial charge in [-0.1, -0.05) is 18.2 Å².